The second kappa shape index (κ2) is 13.0. The maximum Gasteiger partial charge on any atom is 0.329 e. The van der Waals surface area contributed by atoms with Crippen LogP contribution in [0.1, 0.15) is 91.4 Å². The van der Waals surface area contributed by atoms with Gasteiger partial charge in [0, 0.05) is 19.3 Å². The highest BCUT2D eigenvalue weighted by molar-refractivity contribution is 7.99. The molecule has 0 fully saturated rings. The first-order valence-corrected chi connectivity index (χ1v) is 12.8. The van der Waals surface area contributed by atoms with E-state index in [0.717, 1.165) is 30.3 Å². The zero-order chi connectivity index (χ0) is 21.9. The van der Waals surface area contributed by atoms with Gasteiger partial charge in [0.25, 0.3) is 5.56 Å². The van der Waals surface area contributed by atoms with E-state index < -0.39 is 5.69 Å². The lowest BCUT2D eigenvalue weighted by Gasteiger charge is -2.10. The van der Waals surface area contributed by atoms with Crippen molar-refractivity contribution in [1.29, 1.82) is 0 Å². The molecule has 2 rings (SSSR count). The average Bonchev–Trinajstić information content (AvgIpc) is 3.08. The summed E-state index contributed by atoms with van der Waals surface area (Å²) < 4.78 is 3.45. The van der Waals surface area contributed by atoms with Crippen molar-refractivity contribution in [3.63, 3.8) is 0 Å². The van der Waals surface area contributed by atoms with E-state index in [-0.39, 0.29) is 5.56 Å². The minimum absolute atomic E-state index is 0.338. The maximum atomic E-state index is 12.5. The summed E-state index contributed by atoms with van der Waals surface area (Å²) in [5.74, 6) is 1.53. The Bertz CT molecular complexity index is 882. The Morgan fingerprint density at radius 1 is 0.967 bits per heavy atom. The molecule has 2 aromatic rings. The molecule has 0 saturated heterocycles. The highest BCUT2D eigenvalue weighted by Gasteiger charge is 2.17. The summed E-state index contributed by atoms with van der Waals surface area (Å²) >= 11 is 1.71. The Labute approximate surface area is 184 Å². The van der Waals surface area contributed by atoms with Crippen molar-refractivity contribution in [3.05, 3.63) is 20.8 Å². The van der Waals surface area contributed by atoms with Crippen LogP contribution in [0.25, 0.3) is 11.2 Å². The first-order valence-electron chi connectivity index (χ1n) is 11.8. The number of aryl methyl sites for hydroxylation is 2. The topological polar surface area (TPSA) is 72.7 Å². The molecule has 0 unspecified atom stereocenters. The van der Waals surface area contributed by atoms with Crippen LogP contribution in [0.2, 0.25) is 0 Å². The first-order chi connectivity index (χ1) is 14.5. The standard InChI is InChI=1S/C23H40N4O2S/c1-5-6-7-8-9-10-11-12-13-14-17-30-23-24-20-19(27(23)16-15-18(2)3)21(28)25-22(29)26(20)4/h18H,5-17H2,1-4H3,(H,25,28,29). The van der Waals surface area contributed by atoms with Gasteiger partial charge in [-0.25, -0.2) is 9.78 Å². The smallest absolute Gasteiger partial charge is 0.313 e. The minimum Gasteiger partial charge on any atom is -0.313 e. The van der Waals surface area contributed by atoms with Crippen molar-refractivity contribution in [2.75, 3.05) is 5.75 Å². The third-order valence-corrected chi connectivity index (χ3v) is 6.69. The Morgan fingerprint density at radius 2 is 1.57 bits per heavy atom. The quantitative estimate of drug-likeness (QED) is 0.296. The summed E-state index contributed by atoms with van der Waals surface area (Å²) in [6.45, 7) is 7.36. The number of nitrogens with one attached hydrogen (secondary N) is 1. The number of H-pyrrole nitrogens is 1. The number of rotatable bonds is 15. The Morgan fingerprint density at radius 3 is 2.17 bits per heavy atom. The van der Waals surface area contributed by atoms with Gasteiger partial charge in [0.1, 0.15) is 0 Å². The number of hydrogen-bond acceptors (Lipinski definition) is 4. The molecule has 0 radical (unpaired) electrons. The van der Waals surface area contributed by atoms with Crippen LogP contribution < -0.4 is 11.2 Å². The Hall–Kier alpha value is -1.50. The van der Waals surface area contributed by atoms with Gasteiger partial charge < -0.3 is 4.57 Å². The molecule has 6 nitrogen and oxygen atoms in total. The fraction of sp³-hybridized carbons (Fsp3) is 0.783. The van der Waals surface area contributed by atoms with Gasteiger partial charge in [-0.15, -0.1) is 0 Å². The van der Waals surface area contributed by atoms with Gasteiger partial charge >= 0.3 is 5.69 Å². The largest absolute Gasteiger partial charge is 0.329 e. The molecule has 0 spiro atoms. The second-order valence-corrected chi connectivity index (χ2v) is 9.81. The van der Waals surface area contributed by atoms with E-state index in [4.69, 9.17) is 0 Å². The fourth-order valence-corrected chi connectivity index (χ4v) is 4.69. The lowest BCUT2D eigenvalue weighted by Crippen LogP contribution is -2.29. The summed E-state index contributed by atoms with van der Waals surface area (Å²) in [6, 6.07) is 0. The third kappa shape index (κ3) is 7.33. The number of nitrogens with zero attached hydrogens (tertiary/aromatic N) is 3. The number of hydrogen-bond donors (Lipinski definition) is 1. The molecule has 0 bridgehead atoms. The molecule has 0 aliphatic heterocycles. The summed E-state index contributed by atoms with van der Waals surface area (Å²) in [5, 5.41) is 0.855. The number of thioether (sulfide) groups is 1. The summed E-state index contributed by atoms with van der Waals surface area (Å²) in [5.41, 5.74) is 0.254. The number of fused-ring (bicyclic) bond motifs is 1. The predicted octanol–water partition coefficient (Wildman–Crippen LogP) is 5.48. The SMILES string of the molecule is CCCCCCCCCCCCSc1nc2c(c(=O)[nH]c(=O)n2C)n1CCC(C)C. The van der Waals surface area contributed by atoms with Crippen LogP contribution in [0.15, 0.2) is 14.7 Å². The van der Waals surface area contributed by atoms with Crippen LogP contribution in [-0.2, 0) is 13.6 Å². The van der Waals surface area contributed by atoms with Gasteiger partial charge in [-0.2, -0.15) is 0 Å². The van der Waals surface area contributed by atoms with Crippen LogP contribution in [0.4, 0.5) is 0 Å². The van der Waals surface area contributed by atoms with E-state index in [9.17, 15) is 9.59 Å². The molecular formula is C23H40N4O2S. The van der Waals surface area contributed by atoms with E-state index in [1.807, 2.05) is 4.57 Å². The van der Waals surface area contributed by atoms with Crippen LogP contribution in [0, 0.1) is 5.92 Å². The molecule has 0 aliphatic rings. The molecule has 0 saturated carbocycles. The second-order valence-electron chi connectivity index (χ2n) is 8.75. The highest BCUT2D eigenvalue weighted by atomic mass is 32.2. The van der Waals surface area contributed by atoms with Crippen molar-refractivity contribution >= 4 is 22.9 Å². The lowest BCUT2D eigenvalue weighted by atomic mass is 10.1. The van der Waals surface area contributed by atoms with Gasteiger partial charge in [-0.1, -0.05) is 90.3 Å². The fourth-order valence-electron chi connectivity index (χ4n) is 3.67. The predicted molar refractivity (Wildman–Crippen MR) is 128 cm³/mol. The van der Waals surface area contributed by atoms with Gasteiger partial charge in [-0.05, 0) is 18.8 Å². The van der Waals surface area contributed by atoms with E-state index in [1.54, 1.807) is 18.8 Å². The molecular weight excluding hydrogens is 396 g/mol. The zero-order valence-corrected chi connectivity index (χ0v) is 20.2. The van der Waals surface area contributed by atoms with Crippen LogP contribution in [0.5, 0.6) is 0 Å². The number of aromatic nitrogens is 4. The maximum absolute atomic E-state index is 12.5. The van der Waals surface area contributed by atoms with Gasteiger partial charge in [0.2, 0.25) is 0 Å². The van der Waals surface area contributed by atoms with Crippen molar-refractivity contribution in [3.8, 4) is 0 Å². The number of unbranched alkanes of at least 4 members (excludes halogenated alkanes) is 9. The minimum atomic E-state index is -0.410. The first kappa shape index (κ1) is 24.8. The Kier molecular flexibility index (Phi) is 10.8. The summed E-state index contributed by atoms with van der Waals surface area (Å²) in [6.07, 6.45) is 14.2. The number of aromatic amines is 1. The molecule has 0 atom stereocenters. The van der Waals surface area contributed by atoms with Crippen molar-refractivity contribution in [2.45, 2.75) is 103 Å². The van der Waals surface area contributed by atoms with E-state index in [2.05, 4.69) is 30.7 Å². The molecule has 30 heavy (non-hydrogen) atoms. The van der Waals surface area contributed by atoms with Crippen molar-refractivity contribution in [2.24, 2.45) is 13.0 Å². The molecule has 2 aromatic heterocycles. The number of imidazole rings is 1. The lowest BCUT2D eigenvalue weighted by molar-refractivity contribution is 0.503. The monoisotopic (exact) mass is 436 g/mol. The molecule has 2 heterocycles. The van der Waals surface area contributed by atoms with Gasteiger partial charge in [0.15, 0.2) is 16.3 Å². The van der Waals surface area contributed by atoms with E-state index in [1.165, 1.54) is 62.4 Å². The molecule has 7 heteroatoms. The molecule has 0 aliphatic carbocycles. The van der Waals surface area contributed by atoms with Crippen molar-refractivity contribution < 1.29 is 0 Å². The third-order valence-electron chi connectivity index (χ3n) is 5.63. The van der Waals surface area contributed by atoms with E-state index in [0.29, 0.717) is 17.1 Å². The van der Waals surface area contributed by atoms with Gasteiger partial charge in [0.05, 0.1) is 0 Å². The van der Waals surface area contributed by atoms with Crippen LogP contribution in [-0.4, -0.2) is 24.9 Å². The van der Waals surface area contributed by atoms with Gasteiger partial charge in [-0.3, -0.25) is 14.3 Å². The molecule has 1 N–H and O–H groups in total. The van der Waals surface area contributed by atoms with E-state index >= 15 is 0 Å². The average molecular weight is 437 g/mol. The summed E-state index contributed by atoms with van der Waals surface area (Å²) in [4.78, 5) is 31.5. The van der Waals surface area contributed by atoms with Crippen LogP contribution >= 0.6 is 11.8 Å². The Balaban J connectivity index is 1.88. The molecule has 0 aromatic carbocycles. The molecule has 0 amide bonds. The van der Waals surface area contributed by atoms with Crippen LogP contribution in [0.3, 0.4) is 0 Å². The summed E-state index contributed by atoms with van der Waals surface area (Å²) in [7, 11) is 1.66. The molecule has 170 valence electrons. The normalized spacial score (nSPS) is 11.8. The van der Waals surface area contributed by atoms with Crippen molar-refractivity contribution in [1.82, 2.24) is 19.1 Å². The highest BCUT2D eigenvalue weighted by Crippen LogP contribution is 2.24. The zero-order valence-electron chi connectivity index (χ0n) is 19.3.